The van der Waals surface area contributed by atoms with E-state index in [0.717, 1.165) is 5.56 Å². The summed E-state index contributed by atoms with van der Waals surface area (Å²) in [6.07, 6.45) is 0. The second-order valence-corrected chi connectivity index (χ2v) is 8.27. The zero-order valence-corrected chi connectivity index (χ0v) is 15.5. The third-order valence-electron chi connectivity index (χ3n) is 3.63. The fourth-order valence-corrected chi connectivity index (χ4v) is 5.46. The van der Waals surface area contributed by atoms with Crippen molar-refractivity contribution in [2.75, 3.05) is 51.2 Å². The van der Waals surface area contributed by atoms with Gasteiger partial charge >= 0.3 is 7.67 Å². The molecule has 0 unspecified atom stereocenters. The van der Waals surface area contributed by atoms with Gasteiger partial charge in [-0.2, -0.15) is 0 Å². The smallest absolute Gasteiger partial charge is 0.346 e. The predicted molar refractivity (Wildman–Crippen MR) is 94.2 cm³/mol. The Morgan fingerprint density at radius 3 is 2.30 bits per heavy atom. The number of hydrogen-bond acceptors (Lipinski definition) is 3. The van der Waals surface area contributed by atoms with Gasteiger partial charge in [-0.15, -0.1) is 23.2 Å². The largest absolute Gasteiger partial charge is 0.379 e. The Morgan fingerprint density at radius 2 is 1.74 bits per heavy atom. The Bertz CT molecular complexity index is 495. The first kappa shape index (κ1) is 19.2. The number of alkyl halides is 2. The molecular formula is C15H23Cl2N2O3P. The van der Waals surface area contributed by atoms with Crippen LogP contribution in [0.1, 0.15) is 5.56 Å². The van der Waals surface area contributed by atoms with Crippen molar-refractivity contribution in [3.63, 3.8) is 0 Å². The third kappa shape index (κ3) is 5.43. The maximum Gasteiger partial charge on any atom is 0.346 e. The van der Waals surface area contributed by atoms with E-state index in [4.69, 9.17) is 32.5 Å². The van der Waals surface area contributed by atoms with Crippen LogP contribution in [0.25, 0.3) is 0 Å². The maximum atomic E-state index is 13.7. The second kappa shape index (κ2) is 10.00. The van der Waals surface area contributed by atoms with Gasteiger partial charge in [0, 0.05) is 37.9 Å². The van der Waals surface area contributed by atoms with Crippen LogP contribution in [-0.2, 0) is 20.4 Å². The molecule has 5 nitrogen and oxygen atoms in total. The summed E-state index contributed by atoms with van der Waals surface area (Å²) >= 11 is 11.8. The van der Waals surface area contributed by atoms with Crippen molar-refractivity contribution < 1.29 is 13.8 Å². The molecule has 1 aliphatic rings. The van der Waals surface area contributed by atoms with Crippen molar-refractivity contribution in [3.8, 4) is 0 Å². The van der Waals surface area contributed by atoms with Gasteiger partial charge in [-0.05, 0) is 5.56 Å². The number of hydrogen-bond donors (Lipinski definition) is 0. The van der Waals surface area contributed by atoms with Crippen LogP contribution in [0.3, 0.4) is 0 Å². The summed E-state index contributed by atoms with van der Waals surface area (Å²) in [7, 11) is -3.19. The quantitative estimate of drug-likeness (QED) is 0.484. The summed E-state index contributed by atoms with van der Waals surface area (Å²) in [4.78, 5) is 0. The molecule has 1 atom stereocenters. The minimum absolute atomic E-state index is 0.288. The Balaban J connectivity index is 2.16. The molecule has 2 rings (SSSR count). The van der Waals surface area contributed by atoms with Crippen LogP contribution in [0.15, 0.2) is 30.3 Å². The average Bonchev–Trinajstić information content (AvgIpc) is 2.61. The molecule has 23 heavy (non-hydrogen) atoms. The fraction of sp³-hybridized carbons (Fsp3) is 0.600. The minimum Gasteiger partial charge on any atom is -0.379 e. The van der Waals surface area contributed by atoms with Crippen molar-refractivity contribution in [2.24, 2.45) is 0 Å². The van der Waals surface area contributed by atoms with Crippen LogP contribution in [0.2, 0.25) is 0 Å². The summed E-state index contributed by atoms with van der Waals surface area (Å²) in [5.41, 5.74) is 0.984. The SMILES string of the molecule is O=[P@](OCc1ccccc1)(N(CCCl)CCCl)N1CCOCC1. The molecule has 0 bridgehead atoms. The Morgan fingerprint density at radius 1 is 1.13 bits per heavy atom. The van der Waals surface area contributed by atoms with Gasteiger partial charge in [-0.25, -0.2) is 9.34 Å². The first-order valence-electron chi connectivity index (χ1n) is 7.69. The number of rotatable bonds is 9. The van der Waals surface area contributed by atoms with Crippen LogP contribution >= 0.6 is 30.9 Å². The van der Waals surface area contributed by atoms with Crippen LogP contribution in [-0.4, -0.2) is 60.5 Å². The molecule has 0 aromatic heterocycles. The zero-order valence-electron chi connectivity index (χ0n) is 13.1. The number of ether oxygens (including phenoxy) is 1. The van der Waals surface area contributed by atoms with Crippen LogP contribution in [0, 0.1) is 0 Å². The molecule has 0 saturated carbocycles. The summed E-state index contributed by atoms with van der Waals surface area (Å²) in [6.45, 7) is 3.48. The summed E-state index contributed by atoms with van der Waals surface area (Å²) in [5.74, 6) is 0.750. The first-order valence-corrected chi connectivity index (χ1v) is 10.3. The molecule has 1 aromatic carbocycles. The zero-order chi connectivity index (χ0) is 16.5. The lowest BCUT2D eigenvalue weighted by atomic mass is 10.2. The molecule has 0 N–H and O–H groups in total. The van der Waals surface area contributed by atoms with E-state index >= 15 is 0 Å². The molecule has 0 amide bonds. The molecule has 0 radical (unpaired) electrons. The average molecular weight is 381 g/mol. The Kier molecular flexibility index (Phi) is 8.34. The molecule has 0 aliphatic carbocycles. The van der Waals surface area contributed by atoms with E-state index in [-0.39, 0.29) is 6.61 Å². The highest BCUT2D eigenvalue weighted by molar-refractivity contribution is 7.53. The van der Waals surface area contributed by atoms with E-state index in [1.54, 1.807) is 4.67 Å². The normalized spacial score (nSPS) is 18.9. The van der Waals surface area contributed by atoms with Gasteiger partial charge < -0.3 is 9.26 Å². The number of benzene rings is 1. The van der Waals surface area contributed by atoms with Crippen molar-refractivity contribution in [2.45, 2.75) is 6.61 Å². The van der Waals surface area contributed by atoms with Gasteiger partial charge in [-0.1, -0.05) is 30.3 Å². The van der Waals surface area contributed by atoms with Crippen LogP contribution < -0.4 is 0 Å². The van der Waals surface area contributed by atoms with E-state index in [1.807, 2.05) is 35.0 Å². The van der Waals surface area contributed by atoms with Gasteiger partial charge in [0.1, 0.15) is 0 Å². The second-order valence-electron chi connectivity index (χ2n) is 5.15. The topological polar surface area (TPSA) is 42.0 Å². The third-order valence-corrected chi connectivity index (χ3v) is 6.66. The number of morpholine rings is 1. The van der Waals surface area contributed by atoms with Gasteiger partial charge in [0.15, 0.2) is 0 Å². The summed E-state index contributed by atoms with van der Waals surface area (Å²) in [6, 6.07) is 9.73. The standard InChI is InChI=1S/C15H23Cl2N2O3P/c16-6-8-18(9-7-17)23(20,19-10-12-21-13-11-19)22-14-15-4-2-1-3-5-15/h1-5H,6-14H2/t23-/m0/s1. The van der Waals surface area contributed by atoms with E-state index in [0.29, 0.717) is 51.2 Å². The monoisotopic (exact) mass is 380 g/mol. The highest BCUT2D eigenvalue weighted by Gasteiger charge is 2.39. The number of nitrogens with zero attached hydrogens (tertiary/aromatic N) is 2. The van der Waals surface area contributed by atoms with Gasteiger partial charge in [-0.3, -0.25) is 4.57 Å². The predicted octanol–water partition coefficient (Wildman–Crippen LogP) is 3.42. The molecule has 1 saturated heterocycles. The molecule has 8 heteroatoms. The van der Waals surface area contributed by atoms with E-state index in [1.165, 1.54) is 0 Å². The molecule has 0 spiro atoms. The minimum atomic E-state index is -3.19. The lowest BCUT2D eigenvalue weighted by molar-refractivity contribution is 0.0577. The lowest BCUT2D eigenvalue weighted by Gasteiger charge is -2.39. The highest BCUT2D eigenvalue weighted by atomic mass is 35.5. The van der Waals surface area contributed by atoms with Crippen LogP contribution in [0.5, 0.6) is 0 Å². The first-order chi connectivity index (χ1) is 11.2. The lowest BCUT2D eigenvalue weighted by Crippen LogP contribution is -2.41. The maximum absolute atomic E-state index is 13.7. The highest BCUT2D eigenvalue weighted by Crippen LogP contribution is 2.55. The van der Waals surface area contributed by atoms with E-state index < -0.39 is 7.67 Å². The fourth-order valence-electron chi connectivity index (χ4n) is 2.44. The molecule has 130 valence electrons. The molecular weight excluding hydrogens is 358 g/mol. The van der Waals surface area contributed by atoms with Crippen LogP contribution in [0.4, 0.5) is 0 Å². The van der Waals surface area contributed by atoms with Crippen molar-refractivity contribution in [1.82, 2.24) is 9.34 Å². The molecule has 1 heterocycles. The Labute approximate surface area is 148 Å². The summed E-state index contributed by atoms with van der Waals surface area (Å²) in [5, 5.41) is 0. The molecule has 1 fully saturated rings. The molecule has 1 aliphatic heterocycles. The van der Waals surface area contributed by atoms with Crippen molar-refractivity contribution in [3.05, 3.63) is 35.9 Å². The van der Waals surface area contributed by atoms with Crippen molar-refractivity contribution >= 4 is 30.9 Å². The molecule has 1 aromatic rings. The van der Waals surface area contributed by atoms with Gasteiger partial charge in [0.2, 0.25) is 0 Å². The van der Waals surface area contributed by atoms with Gasteiger partial charge in [0.25, 0.3) is 0 Å². The summed E-state index contributed by atoms with van der Waals surface area (Å²) < 4.78 is 28.7. The van der Waals surface area contributed by atoms with E-state index in [2.05, 4.69) is 0 Å². The number of halogens is 2. The van der Waals surface area contributed by atoms with E-state index in [9.17, 15) is 4.57 Å². The van der Waals surface area contributed by atoms with Gasteiger partial charge in [0.05, 0.1) is 19.8 Å². The van der Waals surface area contributed by atoms with Crippen molar-refractivity contribution in [1.29, 1.82) is 0 Å². The Hall–Kier alpha value is -0.130.